The highest BCUT2D eigenvalue weighted by molar-refractivity contribution is 6.30. The zero-order chi connectivity index (χ0) is 20.2. The van der Waals surface area contributed by atoms with E-state index in [1.807, 2.05) is 41.3 Å². The summed E-state index contributed by atoms with van der Waals surface area (Å²) < 4.78 is 5.29. The van der Waals surface area contributed by atoms with Crippen LogP contribution in [0.4, 0.5) is 0 Å². The van der Waals surface area contributed by atoms with Gasteiger partial charge in [-0.25, -0.2) is 0 Å². The summed E-state index contributed by atoms with van der Waals surface area (Å²) in [6, 6.07) is 16.6. The van der Waals surface area contributed by atoms with E-state index in [2.05, 4.69) is 10.5 Å². The fraction of sp³-hybridized carbons (Fsp3) is 0.227. The Hall–Kier alpha value is -3.12. The zero-order valence-electron chi connectivity index (χ0n) is 15.7. The molecule has 0 unspecified atom stereocenters. The number of benzene rings is 2. The second-order valence-electron chi connectivity index (χ2n) is 6.96. The Morgan fingerprint density at radius 1 is 1.14 bits per heavy atom. The van der Waals surface area contributed by atoms with Crippen molar-refractivity contribution in [2.45, 2.75) is 25.9 Å². The van der Waals surface area contributed by atoms with Crippen LogP contribution in [0.1, 0.15) is 34.5 Å². The second kappa shape index (κ2) is 8.49. The molecule has 3 aromatic rings. The van der Waals surface area contributed by atoms with E-state index in [1.165, 1.54) is 0 Å². The lowest BCUT2D eigenvalue weighted by atomic mass is 10.1. The number of rotatable bonds is 6. The minimum atomic E-state index is -0.325. The Balaban J connectivity index is 1.42. The van der Waals surface area contributed by atoms with Crippen LogP contribution in [-0.4, -0.2) is 28.4 Å². The number of hydrogen-bond acceptors (Lipinski definition) is 4. The maximum absolute atomic E-state index is 12.5. The van der Waals surface area contributed by atoms with Crippen LogP contribution >= 0.6 is 11.6 Å². The number of aromatic nitrogens is 1. The van der Waals surface area contributed by atoms with Crippen molar-refractivity contribution in [3.63, 3.8) is 0 Å². The first-order valence-electron chi connectivity index (χ1n) is 9.45. The summed E-state index contributed by atoms with van der Waals surface area (Å²) in [4.78, 5) is 26.3. The van der Waals surface area contributed by atoms with Crippen LogP contribution in [0.25, 0.3) is 11.3 Å². The quantitative estimate of drug-likeness (QED) is 0.666. The summed E-state index contributed by atoms with van der Waals surface area (Å²) in [5.41, 5.74) is 2.96. The van der Waals surface area contributed by atoms with Crippen LogP contribution in [0.5, 0.6) is 0 Å². The number of carbonyl (C=O) groups is 2. The van der Waals surface area contributed by atoms with E-state index >= 15 is 0 Å². The number of halogens is 1. The number of likely N-dealkylation sites (tertiary alicyclic amines) is 1. The normalized spacial score (nSPS) is 13.7. The monoisotopic (exact) mass is 409 g/mol. The van der Waals surface area contributed by atoms with Crippen LogP contribution < -0.4 is 5.32 Å². The van der Waals surface area contributed by atoms with E-state index in [4.69, 9.17) is 16.1 Å². The molecule has 0 saturated carbocycles. The Kier molecular flexibility index (Phi) is 5.62. The molecule has 148 valence electrons. The molecule has 1 aliphatic heterocycles. The smallest absolute Gasteiger partial charge is 0.273 e. The first-order chi connectivity index (χ1) is 14.1. The van der Waals surface area contributed by atoms with E-state index in [9.17, 15) is 9.59 Å². The lowest BCUT2D eigenvalue weighted by Gasteiger charge is -2.18. The Bertz CT molecular complexity index is 1050. The Morgan fingerprint density at radius 2 is 1.97 bits per heavy atom. The Labute approximate surface area is 173 Å². The second-order valence-corrected chi connectivity index (χ2v) is 7.39. The van der Waals surface area contributed by atoms with Gasteiger partial charge in [0.25, 0.3) is 5.91 Å². The molecular formula is C22H20ClN3O3. The molecular weight excluding hydrogens is 390 g/mol. The molecule has 0 aliphatic carbocycles. The average molecular weight is 410 g/mol. The van der Waals surface area contributed by atoms with Gasteiger partial charge in [-0.05, 0) is 29.7 Å². The molecule has 7 heteroatoms. The SMILES string of the molecule is O=C(NCc1ccccc1CN1CCCC1=O)c1cc(-c2cccc(Cl)c2)on1. The molecule has 6 nitrogen and oxygen atoms in total. The molecule has 1 aromatic heterocycles. The summed E-state index contributed by atoms with van der Waals surface area (Å²) >= 11 is 6.00. The van der Waals surface area contributed by atoms with Crippen molar-refractivity contribution in [3.8, 4) is 11.3 Å². The minimum absolute atomic E-state index is 0.181. The molecule has 29 heavy (non-hydrogen) atoms. The molecule has 4 rings (SSSR count). The van der Waals surface area contributed by atoms with Gasteiger partial charge in [0.1, 0.15) is 0 Å². The van der Waals surface area contributed by atoms with Crippen molar-refractivity contribution in [2.24, 2.45) is 0 Å². The predicted molar refractivity (Wildman–Crippen MR) is 109 cm³/mol. The minimum Gasteiger partial charge on any atom is -0.355 e. The summed E-state index contributed by atoms with van der Waals surface area (Å²) in [5, 5.41) is 7.33. The third-order valence-electron chi connectivity index (χ3n) is 4.94. The molecule has 1 aliphatic rings. The molecule has 0 radical (unpaired) electrons. The highest BCUT2D eigenvalue weighted by Crippen LogP contribution is 2.23. The molecule has 0 bridgehead atoms. The summed E-state index contributed by atoms with van der Waals surface area (Å²) in [6.07, 6.45) is 1.51. The van der Waals surface area contributed by atoms with Gasteiger partial charge in [0.05, 0.1) is 0 Å². The molecule has 1 N–H and O–H groups in total. The maximum Gasteiger partial charge on any atom is 0.273 e. The van der Waals surface area contributed by atoms with Crippen molar-refractivity contribution in [1.82, 2.24) is 15.4 Å². The van der Waals surface area contributed by atoms with Gasteiger partial charge in [-0.2, -0.15) is 0 Å². The van der Waals surface area contributed by atoms with E-state index in [-0.39, 0.29) is 17.5 Å². The van der Waals surface area contributed by atoms with Gasteiger partial charge in [0, 0.05) is 42.7 Å². The lowest BCUT2D eigenvalue weighted by molar-refractivity contribution is -0.128. The van der Waals surface area contributed by atoms with Gasteiger partial charge in [0.2, 0.25) is 5.91 Å². The topological polar surface area (TPSA) is 75.4 Å². The fourth-order valence-corrected chi connectivity index (χ4v) is 3.58. The molecule has 0 atom stereocenters. The van der Waals surface area contributed by atoms with E-state index in [1.54, 1.807) is 18.2 Å². The lowest BCUT2D eigenvalue weighted by Crippen LogP contribution is -2.27. The van der Waals surface area contributed by atoms with Gasteiger partial charge >= 0.3 is 0 Å². The van der Waals surface area contributed by atoms with Gasteiger partial charge < -0.3 is 14.7 Å². The number of nitrogens with zero attached hydrogens (tertiary/aromatic N) is 2. The van der Waals surface area contributed by atoms with E-state index < -0.39 is 0 Å². The highest BCUT2D eigenvalue weighted by atomic mass is 35.5. The maximum atomic E-state index is 12.5. The third kappa shape index (κ3) is 4.49. The van der Waals surface area contributed by atoms with Crippen molar-refractivity contribution in [1.29, 1.82) is 0 Å². The van der Waals surface area contributed by atoms with Crippen molar-refractivity contribution in [3.05, 3.63) is 76.4 Å². The van der Waals surface area contributed by atoms with Gasteiger partial charge in [-0.1, -0.05) is 53.2 Å². The average Bonchev–Trinajstić information content (AvgIpc) is 3.37. The number of carbonyl (C=O) groups excluding carboxylic acids is 2. The molecule has 2 amide bonds. The predicted octanol–water partition coefficient (Wildman–Crippen LogP) is 4.05. The van der Waals surface area contributed by atoms with Crippen molar-refractivity contribution >= 4 is 23.4 Å². The van der Waals surface area contributed by atoms with Crippen LogP contribution in [0.2, 0.25) is 5.02 Å². The van der Waals surface area contributed by atoms with Gasteiger partial charge in [0.15, 0.2) is 11.5 Å². The summed E-state index contributed by atoms with van der Waals surface area (Å²) in [5.74, 6) is 0.333. The standard InChI is InChI=1S/C22H20ClN3O3/c23-18-8-3-7-15(11-18)20-12-19(25-29-20)22(28)24-13-16-5-1-2-6-17(16)14-26-10-4-9-21(26)27/h1-3,5-8,11-12H,4,9-10,13-14H2,(H,24,28). The Morgan fingerprint density at radius 3 is 2.72 bits per heavy atom. The summed E-state index contributed by atoms with van der Waals surface area (Å²) in [6.45, 7) is 1.69. The highest BCUT2D eigenvalue weighted by Gasteiger charge is 2.21. The van der Waals surface area contributed by atoms with Gasteiger partial charge in [-0.3, -0.25) is 9.59 Å². The molecule has 2 heterocycles. The van der Waals surface area contributed by atoms with Gasteiger partial charge in [-0.15, -0.1) is 0 Å². The number of hydrogen-bond donors (Lipinski definition) is 1. The molecule has 1 saturated heterocycles. The third-order valence-corrected chi connectivity index (χ3v) is 5.18. The first-order valence-corrected chi connectivity index (χ1v) is 9.83. The molecule has 1 fully saturated rings. The van der Waals surface area contributed by atoms with Crippen molar-refractivity contribution < 1.29 is 14.1 Å². The fourth-order valence-electron chi connectivity index (χ4n) is 3.39. The molecule has 0 spiro atoms. The number of nitrogens with one attached hydrogen (secondary N) is 1. The zero-order valence-corrected chi connectivity index (χ0v) is 16.5. The van der Waals surface area contributed by atoms with Crippen LogP contribution in [0.3, 0.4) is 0 Å². The number of amides is 2. The largest absolute Gasteiger partial charge is 0.355 e. The van der Waals surface area contributed by atoms with E-state index in [0.29, 0.717) is 30.3 Å². The van der Waals surface area contributed by atoms with Crippen molar-refractivity contribution in [2.75, 3.05) is 6.54 Å². The molecule has 2 aromatic carbocycles. The summed E-state index contributed by atoms with van der Waals surface area (Å²) in [7, 11) is 0. The van der Waals surface area contributed by atoms with Crippen LogP contribution in [0.15, 0.2) is 59.1 Å². The van der Waals surface area contributed by atoms with Crippen LogP contribution in [0, 0.1) is 0 Å². The van der Waals surface area contributed by atoms with E-state index in [0.717, 1.165) is 29.7 Å². The first kappa shape index (κ1) is 19.2. The van der Waals surface area contributed by atoms with Crippen LogP contribution in [-0.2, 0) is 17.9 Å².